The minimum Gasteiger partial charge on any atom is -0.493 e. The van der Waals surface area contributed by atoms with Crippen LogP contribution in [0.5, 0.6) is 11.5 Å². The van der Waals surface area contributed by atoms with E-state index < -0.39 is 5.79 Å². The largest absolute Gasteiger partial charge is 0.493 e. The standard InChI is InChI=1S/C25H27N3O5/c1-30-21-9-8-18(16-22(21)31-2)20-17-28(19-6-4-3-5-7-19)26-23(20)24(29)27-12-10-25(11-13-27)32-14-15-33-25/h3-9,16-17H,10-15H2,1-2H3. The first kappa shape index (κ1) is 21.5. The molecule has 2 aliphatic rings. The SMILES string of the molecule is COc1ccc(-c2cn(-c3ccccc3)nc2C(=O)N2CCC3(CC2)OCCO3)cc1OC. The molecule has 2 saturated heterocycles. The summed E-state index contributed by atoms with van der Waals surface area (Å²) in [7, 11) is 3.19. The monoisotopic (exact) mass is 449 g/mol. The molecule has 1 amide bonds. The van der Waals surface area contributed by atoms with Crippen molar-refractivity contribution in [1.29, 1.82) is 0 Å². The molecule has 0 saturated carbocycles. The van der Waals surface area contributed by atoms with E-state index in [2.05, 4.69) is 0 Å². The molecule has 3 aromatic rings. The van der Waals surface area contributed by atoms with Gasteiger partial charge in [-0.3, -0.25) is 4.79 Å². The molecule has 5 rings (SSSR count). The summed E-state index contributed by atoms with van der Waals surface area (Å²) in [4.78, 5) is 15.5. The Bertz CT molecular complexity index is 1130. The van der Waals surface area contributed by atoms with E-state index in [4.69, 9.17) is 24.0 Å². The number of methoxy groups -OCH3 is 2. The van der Waals surface area contributed by atoms with Crippen LogP contribution in [0.15, 0.2) is 54.7 Å². The number of para-hydroxylation sites is 1. The lowest BCUT2D eigenvalue weighted by Gasteiger charge is -2.37. The third kappa shape index (κ3) is 4.07. The minimum atomic E-state index is -0.535. The molecular weight excluding hydrogens is 422 g/mol. The molecule has 1 spiro atoms. The van der Waals surface area contributed by atoms with Crippen molar-refractivity contribution < 1.29 is 23.7 Å². The second-order valence-corrected chi connectivity index (χ2v) is 8.14. The van der Waals surface area contributed by atoms with Gasteiger partial charge in [-0.1, -0.05) is 24.3 Å². The summed E-state index contributed by atoms with van der Waals surface area (Å²) in [5, 5.41) is 4.71. The molecule has 3 heterocycles. The normalized spacial score (nSPS) is 17.3. The summed E-state index contributed by atoms with van der Waals surface area (Å²) in [6.07, 6.45) is 3.20. The number of carbonyl (C=O) groups excluding carboxylic acids is 1. The first-order chi connectivity index (χ1) is 16.1. The molecule has 8 heteroatoms. The quantitative estimate of drug-likeness (QED) is 0.593. The number of likely N-dealkylation sites (tertiary alicyclic amines) is 1. The van der Waals surface area contributed by atoms with E-state index in [1.54, 1.807) is 18.9 Å². The molecule has 172 valence electrons. The van der Waals surface area contributed by atoms with Crippen LogP contribution in [0, 0.1) is 0 Å². The van der Waals surface area contributed by atoms with Gasteiger partial charge in [-0.05, 0) is 29.8 Å². The molecule has 0 unspecified atom stereocenters. The molecule has 1 aromatic heterocycles. The lowest BCUT2D eigenvalue weighted by Crippen LogP contribution is -2.47. The second kappa shape index (κ2) is 8.88. The molecule has 0 atom stereocenters. The highest BCUT2D eigenvalue weighted by atomic mass is 16.7. The van der Waals surface area contributed by atoms with Crippen LogP contribution in [0.4, 0.5) is 0 Å². The van der Waals surface area contributed by atoms with Crippen LogP contribution in [-0.2, 0) is 9.47 Å². The fourth-order valence-electron chi connectivity index (χ4n) is 4.45. The Morgan fingerprint density at radius 1 is 0.970 bits per heavy atom. The number of rotatable bonds is 5. The average molecular weight is 450 g/mol. The number of carbonyl (C=O) groups is 1. The van der Waals surface area contributed by atoms with Crippen LogP contribution < -0.4 is 9.47 Å². The van der Waals surface area contributed by atoms with Crippen molar-refractivity contribution in [3.05, 3.63) is 60.4 Å². The lowest BCUT2D eigenvalue weighted by molar-refractivity contribution is -0.181. The van der Waals surface area contributed by atoms with E-state index in [0.717, 1.165) is 16.8 Å². The van der Waals surface area contributed by atoms with Crippen molar-refractivity contribution in [2.75, 3.05) is 40.5 Å². The molecule has 2 aromatic carbocycles. The highest BCUT2D eigenvalue weighted by Gasteiger charge is 2.41. The number of hydrogen-bond acceptors (Lipinski definition) is 6. The number of benzene rings is 2. The van der Waals surface area contributed by atoms with Crippen molar-refractivity contribution in [1.82, 2.24) is 14.7 Å². The van der Waals surface area contributed by atoms with Crippen LogP contribution in [0.3, 0.4) is 0 Å². The molecule has 0 N–H and O–H groups in total. The van der Waals surface area contributed by atoms with Gasteiger partial charge in [-0.15, -0.1) is 0 Å². The second-order valence-electron chi connectivity index (χ2n) is 8.14. The van der Waals surface area contributed by atoms with Gasteiger partial charge in [-0.25, -0.2) is 4.68 Å². The summed E-state index contributed by atoms with van der Waals surface area (Å²) in [5.74, 6) is 0.577. The zero-order valence-electron chi connectivity index (χ0n) is 18.8. The summed E-state index contributed by atoms with van der Waals surface area (Å²) in [6.45, 7) is 2.34. The van der Waals surface area contributed by atoms with Crippen LogP contribution in [0.25, 0.3) is 16.8 Å². The first-order valence-electron chi connectivity index (χ1n) is 11.1. The van der Waals surface area contributed by atoms with Gasteiger partial charge in [0.25, 0.3) is 5.91 Å². The number of hydrogen-bond donors (Lipinski definition) is 0. The maximum atomic E-state index is 13.6. The lowest BCUT2D eigenvalue weighted by atomic mass is 10.0. The molecule has 33 heavy (non-hydrogen) atoms. The summed E-state index contributed by atoms with van der Waals surface area (Å²) in [6, 6.07) is 15.4. The zero-order chi connectivity index (χ0) is 22.8. The highest BCUT2D eigenvalue weighted by molar-refractivity contribution is 5.99. The van der Waals surface area contributed by atoms with E-state index in [0.29, 0.717) is 56.3 Å². The molecule has 2 aliphatic heterocycles. The Morgan fingerprint density at radius 3 is 2.33 bits per heavy atom. The van der Waals surface area contributed by atoms with Crippen molar-refractivity contribution in [2.24, 2.45) is 0 Å². The van der Waals surface area contributed by atoms with E-state index in [1.807, 2.05) is 59.6 Å². The predicted octanol–water partition coefficient (Wildman–Crippen LogP) is 3.54. The number of aromatic nitrogens is 2. The van der Waals surface area contributed by atoms with Crippen molar-refractivity contribution >= 4 is 5.91 Å². The topological polar surface area (TPSA) is 75.1 Å². The number of piperidine rings is 1. The predicted molar refractivity (Wildman–Crippen MR) is 122 cm³/mol. The van der Waals surface area contributed by atoms with Gasteiger partial charge in [-0.2, -0.15) is 5.10 Å². The van der Waals surface area contributed by atoms with Gasteiger partial charge in [0.1, 0.15) is 0 Å². The molecular formula is C25H27N3O5. The average Bonchev–Trinajstić information content (AvgIpc) is 3.52. The smallest absolute Gasteiger partial charge is 0.275 e. The molecule has 0 bridgehead atoms. The van der Waals surface area contributed by atoms with Gasteiger partial charge in [0.15, 0.2) is 23.0 Å². The van der Waals surface area contributed by atoms with Crippen molar-refractivity contribution in [3.63, 3.8) is 0 Å². The number of nitrogens with zero attached hydrogens (tertiary/aromatic N) is 3. The molecule has 2 fully saturated rings. The Hall–Kier alpha value is -3.36. The van der Waals surface area contributed by atoms with Gasteiger partial charge in [0.05, 0.1) is 33.1 Å². The summed E-state index contributed by atoms with van der Waals surface area (Å²) >= 11 is 0. The zero-order valence-corrected chi connectivity index (χ0v) is 18.8. The number of ether oxygens (including phenoxy) is 4. The summed E-state index contributed by atoms with van der Waals surface area (Å²) < 4.78 is 24.2. The Balaban J connectivity index is 1.50. The van der Waals surface area contributed by atoms with Gasteiger partial charge in [0, 0.05) is 37.7 Å². The van der Waals surface area contributed by atoms with Gasteiger partial charge < -0.3 is 23.8 Å². The molecule has 0 radical (unpaired) electrons. The fourth-order valence-corrected chi connectivity index (χ4v) is 4.45. The van der Waals surface area contributed by atoms with Crippen LogP contribution in [0.1, 0.15) is 23.3 Å². The van der Waals surface area contributed by atoms with Gasteiger partial charge >= 0.3 is 0 Å². The van der Waals surface area contributed by atoms with Crippen molar-refractivity contribution in [3.8, 4) is 28.3 Å². The number of amides is 1. The van der Waals surface area contributed by atoms with E-state index in [1.165, 1.54) is 0 Å². The third-order valence-electron chi connectivity index (χ3n) is 6.26. The maximum Gasteiger partial charge on any atom is 0.275 e. The Morgan fingerprint density at radius 2 is 1.67 bits per heavy atom. The third-order valence-corrected chi connectivity index (χ3v) is 6.26. The van der Waals surface area contributed by atoms with E-state index in [-0.39, 0.29) is 5.91 Å². The minimum absolute atomic E-state index is 0.109. The van der Waals surface area contributed by atoms with Gasteiger partial charge in [0.2, 0.25) is 0 Å². The fraction of sp³-hybridized carbons (Fsp3) is 0.360. The maximum absolute atomic E-state index is 13.6. The van der Waals surface area contributed by atoms with Crippen LogP contribution in [-0.4, -0.2) is 66.9 Å². The van der Waals surface area contributed by atoms with E-state index in [9.17, 15) is 4.79 Å². The van der Waals surface area contributed by atoms with Crippen LogP contribution in [0.2, 0.25) is 0 Å². The van der Waals surface area contributed by atoms with Crippen LogP contribution >= 0.6 is 0 Å². The van der Waals surface area contributed by atoms with E-state index >= 15 is 0 Å². The molecule has 8 nitrogen and oxygen atoms in total. The Labute approximate surface area is 192 Å². The summed E-state index contributed by atoms with van der Waals surface area (Å²) in [5.41, 5.74) is 2.84. The molecule has 0 aliphatic carbocycles. The highest BCUT2D eigenvalue weighted by Crippen LogP contribution is 2.36. The Kier molecular flexibility index (Phi) is 5.78. The van der Waals surface area contributed by atoms with Crippen molar-refractivity contribution in [2.45, 2.75) is 18.6 Å². The first-order valence-corrected chi connectivity index (χ1v) is 11.1.